The average Bonchev–Trinajstić information content (AvgIpc) is 2.90. The van der Waals surface area contributed by atoms with Crippen molar-refractivity contribution >= 4 is 5.96 Å². The highest BCUT2D eigenvalue weighted by molar-refractivity contribution is 5.79. The van der Waals surface area contributed by atoms with Crippen molar-refractivity contribution in [2.45, 2.75) is 72.5 Å². The van der Waals surface area contributed by atoms with Crippen LogP contribution in [0.1, 0.15) is 65.1 Å². The van der Waals surface area contributed by atoms with Crippen LogP contribution in [0.3, 0.4) is 0 Å². The number of rotatable bonds is 9. The van der Waals surface area contributed by atoms with Gasteiger partial charge in [0.05, 0.1) is 5.69 Å². The number of nitrogens with one attached hydrogen (secondary N) is 1. The van der Waals surface area contributed by atoms with E-state index >= 15 is 0 Å². The first kappa shape index (κ1) is 22.5. The Morgan fingerprint density at radius 1 is 1.19 bits per heavy atom. The van der Waals surface area contributed by atoms with Crippen LogP contribution in [0.15, 0.2) is 11.2 Å². The van der Waals surface area contributed by atoms with Crippen LogP contribution in [0, 0.1) is 0 Å². The van der Waals surface area contributed by atoms with Gasteiger partial charge in [-0.3, -0.25) is 14.6 Å². The van der Waals surface area contributed by atoms with E-state index in [1.165, 1.54) is 11.3 Å². The topological polar surface area (TPSA) is 48.7 Å². The molecular weight excluding hydrogens is 324 g/mol. The Balaban J connectivity index is 2.56. The van der Waals surface area contributed by atoms with Gasteiger partial charge in [0.2, 0.25) is 0 Å². The monoisotopic (exact) mass is 364 g/mol. The summed E-state index contributed by atoms with van der Waals surface area (Å²) in [4.78, 5) is 9.14. The average molecular weight is 365 g/mol. The normalized spacial score (nSPS) is 12.7. The van der Waals surface area contributed by atoms with E-state index in [1.807, 2.05) is 18.8 Å². The molecule has 1 heterocycles. The molecule has 0 aromatic carbocycles. The summed E-state index contributed by atoms with van der Waals surface area (Å²) in [5, 5.41) is 8.10. The second-order valence-corrected chi connectivity index (χ2v) is 7.98. The van der Waals surface area contributed by atoms with Crippen molar-refractivity contribution in [3.8, 4) is 0 Å². The second-order valence-electron chi connectivity index (χ2n) is 7.98. The van der Waals surface area contributed by atoms with Crippen LogP contribution in [0.5, 0.6) is 0 Å². The molecule has 26 heavy (non-hydrogen) atoms. The van der Waals surface area contributed by atoms with Crippen LogP contribution in [0.4, 0.5) is 0 Å². The van der Waals surface area contributed by atoms with Gasteiger partial charge in [-0.1, -0.05) is 13.8 Å². The molecule has 0 fully saturated rings. The Hall–Kier alpha value is -1.56. The first-order valence-corrected chi connectivity index (χ1v) is 9.87. The van der Waals surface area contributed by atoms with E-state index in [-0.39, 0.29) is 0 Å². The largest absolute Gasteiger partial charge is 0.356 e. The zero-order chi connectivity index (χ0) is 19.9. The van der Waals surface area contributed by atoms with Crippen molar-refractivity contribution in [2.75, 3.05) is 27.2 Å². The molecule has 0 radical (unpaired) electrons. The molecule has 6 nitrogen and oxygen atoms in total. The highest BCUT2D eigenvalue weighted by Gasteiger charge is 2.16. The van der Waals surface area contributed by atoms with Gasteiger partial charge in [-0.25, -0.2) is 0 Å². The minimum Gasteiger partial charge on any atom is -0.356 e. The molecule has 0 unspecified atom stereocenters. The Labute approximate surface area is 160 Å². The standard InChI is InChI=1S/C20H40N6/c1-15(2)19-18(14-25(9)23-19)13-24(8)20(21-7)22-11-10-12-26(16(3)4)17(5)6/h14-17H,10-13H2,1-9H3,(H,21,22). The fraction of sp³-hybridized carbons (Fsp3) is 0.800. The lowest BCUT2D eigenvalue weighted by molar-refractivity contribution is 0.173. The molecule has 0 aliphatic carbocycles. The van der Waals surface area contributed by atoms with Gasteiger partial charge in [-0.2, -0.15) is 5.10 Å². The Bertz CT molecular complexity index is 551. The summed E-state index contributed by atoms with van der Waals surface area (Å²) in [6.07, 6.45) is 3.22. The molecule has 1 N–H and O–H groups in total. The summed E-state index contributed by atoms with van der Waals surface area (Å²) in [7, 11) is 5.92. The minimum atomic E-state index is 0.424. The zero-order valence-electron chi connectivity index (χ0n) is 18.4. The van der Waals surface area contributed by atoms with Crippen molar-refractivity contribution in [2.24, 2.45) is 12.0 Å². The molecule has 1 rings (SSSR count). The summed E-state index contributed by atoms with van der Waals surface area (Å²) >= 11 is 0. The Morgan fingerprint density at radius 2 is 1.81 bits per heavy atom. The molecule has 0 bridgehead atoms. The van der Waals surface area contributed by atoms with E-state index in [4.69, 9.17) is 0 Å². The zero-order valence-corrected chi connectivity index (χ0v) is 18.4. The van der Waals surface area contributed by atoms with E-state index in [2.05, 4.69) is 80.0 Å². The number of hydrogen-bond donors (Lipinski definition) is 1. The third-order valence-corrected chi connectivity index (χ3v) is 4.67. The molecular formula is C20H40N6. The molecule has 0 aliphatic rings. The predicted molar refractivity (Wildman–Crippen MR) is 112 cm³/mol. The fourth-order valence-electron chi connectivity index (χ4n) is 3.45. The first-order valence-electron chi connectivity index (χ1n) is 9.87. The first-order chi connectivity index (χ1) is 12.2. The van der Waals surface area contributed by atoms with Gasteiger partial charge in [-0.15, -0.1) is 0 Å². The number of hydrogen-bond acceptors (Lipinski definition) is 3. The molecule has 0 amide bonds. The van der Waals surface area contributed by atoms with Gasteiger partial charge in [0.15, 0.2) is 5.96 Å². The SMILES string of the molecule is CN=C(NCCCN(C(C)C)C(C)C)N(C)Cc1cn(C)nc1C(C)C. The maximum absolute atomic E-state index is 4.60. The lowest BCUT2D eigenvalue weighted by atomic mass is 10.1. The van der Waals surface area contributed by atoms with Crippen LogP contribution in [-0.4, -0.2) is 64.8 Å². The van der Waals surface area contributed by atoms with Crippen molar-refractivity contribution in [1.82, 2.24) is 24.9 Å². The van der Waals surface area contributed by atoms with E-state index in [0.29, 0.717) is 18.0 Å². The van der Waals surface area contributed by atoms with Gasteiger partial charge < -0.3 is 10.2 Å². The number of aryl methyl sites for hydroxylation is 1. The van der Waals surface area contributed by atoms with Crippen LogP contribution in [-0.2, 0) is 13.6 Å². The van der Waals surface area contributed by atoms with E-state index in [0.717, 1.165) is 32.0 Å². The molecule has 0 saturated carbocycles. The summed E-state index contributed by atoms with van der Waals surface area (Å²) < 4.78 is 1.90. The quantitative estimate of drug-likeness (QED) is 0.416. The third kappa shape index (κ3) is 6.63. The maximum Gasteiger partial charge on any atom is 0.193 e. The Kier molecular flexibility index (Phi) is 9.13. The van der Waals surface area contributed by atoms with Gasteiger partial charge in [0.25, 0.3) is 0 Å². The van der Waals surface area contributed by atoms with Gasteiger partial charge >= 0.3 is 0 Å². The number of aromatic nitrogens is 2. The highest BCUT2D eigenvalue weighted by atomic mass is 15.3. The number of nitrogens with zero attached hydrogens (tertiary/aromatic N) is 5. The highest BCUT2D eigenvalue weighted by Crippen LogP contribution is 2.18. The van der Waals surface area contributed by atoms with Gasteiger partial charge in [0, 0.05) is 64.6 Å². The minimum absolute atomic E-state index is 0.424. The van der Waals surface area contributed by atoms with Crippen molar-refractivity contribution in [1.29, 1.82) is 0 Å². The van der Waals surface area contributed by atoms with Crippen LogP contribution in [0.2, 0.25) is 0 Å². The van der Waals surface area contributed by atoms with Gasteiger partial charge in [0.1, 0.15) is 0 Å². The number of guanidine groups is 1. The van der Waals surface area contributed by atoms with E-state index in [9.17, 15) is 0 Å². The summed E-state index contributed by atoms with van der Waals surface area (Å²) in [5.41, 5.74) is 2.43. The lowest BCUT2D eigenvalue weighted by Crippen LogP contribution is -2.41. The fourth-order valence-corrected chi connectivity index (χ4v) is 3.45. The lowest BCUT2D eigenvalue weighted by Gasteiger charge is -2.30. The predicted octanol–water partition coefficient (Wildman–Crippen LogP) is 3.06. The molecule has 1 aromatic rings. The molecule has 0 aliphatic heterocycles. The molecule has 6 heteroatoms. The summed E-state index contributed by atoms with van der Waals surface area (Å²) in [6.45, 7) is 16.3. The number of aliphatic imine (C=N–C) groups is 1. The van der Waals surface area contributed by atoms with E-state index < -0.39 is 0 Å². The second kappa shape index (κ2) is 10.6. The molecule has 0 atom stereocenters. The van der Waals surface area contributed by atoms with Crippen molar-refractivity contribution in [3.05, 3.63) is 17.5 Å². The summed E-state index contributed by atoms with van der Waals surface area (Å²) in [5.74, 6) is 1.36. The van der Waals surface area contributed by atoms with Crippen LogP contribution < -0.4 is 5.32 Å². The van der Waals surface area contributed by atoms with Gasteiger partial charge in [-0.05, 0) is 40.0 Å². The van der Waals surface area contributed by atoms with Crippen LogP contribution in [0.25, 0.3) is 0 Å². The molecule has 1 aromatic heterocycles. The molecule has 0 spiro atoms. The molecule has 0 saturated heterocycles. The summed E-state index contributed by atoms with van der Waals surface area (Å²) in [6, 6.07) is 1.16. The molecule has 150 valence electrons. The Morgan fingerprint density at radius 3 is 2.31 bits per heavy atom. The van der Waals surface area contributed by atoms with Crippen LogP contribution >= 0.6 is 0 Å². The van der Waals surface area contributed by atoms with Crippen molar-refractivity contribution < 1.29 is 0 Å². The van der Waals surface area contributed by atoms with E-state index in [1.54, 1.807) is 0 Å². The van der Waals surface area contributed by atoms with Crippen molar-refractivity contribution in [3.63, 3.8) is 0 Å². The maximum atomic E-state index is 4.60. The third-order valence-electron chi connectivity index (χ3n) is 4.67. The smallest absolute Gasteiger partial charge is 0.193 e.